The number of nitrogens with one attached hydrogen (secondary N) is 1. The van der Waals surface area contributed by atoms with Crippen molar-refractivity contribution in [3.05, 3.63) is 65.7 Å². The molecule has 2 aromatic carbocycles. The molecule has 2 aromatic rings. The molecule has 33 heavy (non-hydrogen) atoms. The lowest BCUT2D eigenvalue weighted by atomic mass is 10.2. The van der Waals surface area contributed by atoms with Crippen LogP contribution in [-0.2, 0) is 19.6 Å². The van der Waals surface area contributed by atoms with Crippen LogP contribution in [0.1, 0.15) is 24.2 Å². The van der Waals surface area contributed by atoms with Crippen molar-refractivity contribution in [1.82, 2.24) is 5.32 Å². The fourth-order valence-corrected chi connectivity index (χ4v) is 4.47. The summed E-state index contributed by atoms with van der Waals surface area (Å²) in [6.07, 6.45) is 1.44. The molecular weight excluding hydrogens is 468 g/mol. The highest BCUT2D eigenvalue weighted by Crippen LogP contribution is 2.33. The molecule has 0 spiro atoms. The largest absolute Gasteiger partial charge is 0.495 e. The molecule has 1 amide bonds. The first-order valence-corrected chi connectivity index (χ1v) is 11.9. The Bertz CT molecular complexity index is 1120. The van der Waals surface area contributed by atoms with Crippen molar-refractivity contribution in [3.63, 3.8) is 0 Å². The molecule has 0 atom stereocenters. The SMILES string of the molecule is C=CCN(c1ccccc1OC)S(=O)(=O)c1ccc(Cl)c(C(=O)OCC(=O)NCC(C)C)c1. The highest BCUT2D eigenvalue weighted by atomic mass is 35.5. The van der Waals surface area contributed by atoms with Crippen LogP contribution < -0.4 is 14.4 Å². The lowest BCUT2D eigenvalue weighted by molar-refractivity contribution is -0.124. The second kappa shape index (κ2) is 11.7. The summed E-state index contributed by atoms with van der Waals surface area (Å²) >= 11 is 6.12. The van der Waals surface area contributed by atoms with E-state index in [0.29, 0.717) is 18.0 Å². The average Bonchev–Trinajstić information content (AvgIpc) is 2.79. The Hall–Kier alpha value is -3.04. The molecule has 2 rings (SSSR count). The van der Waals surface area contributed by atoms with Gasteiger partial charge in [0.05, 0.1) is 34.8 Å². The molecule has 178 valence electrons. The van der Waals surface area contributed by atoms with Crippen LogP contribution >= 0.6 is 11.6 Å². The average molecular weight is 495 g/mol. The maximum absolute atomic E-state index is 13.5. The van der Waals surface area contributed by atoms with Crippen LogP contribution in [0.25, 0.3) is 0 Å². The zero-order valence-electron chi connectivity index (χ0n) is 18.7. The van der Waals surface area contributed by atoms with Gasteiger partial charge in [-0.3, -0.25) is 9.10 Å². The van der Waals surface area contributed by atoms with Gasteiger partial charge in [0.1, 0.15) is 5.75 Å². The Labute approximate surface area is 199 Å². The number of ether oxygens (including phenoxy) is 2. The van der Waals surface area contributed by atoms with Crippen LogP contribution in [0.5, 0.6) is 5.75 Å². The van der Waals surface area contributed by atoms with E-state index in [2.05, 4.69) is 11.9 Å². The molecule has 0 saturated carbocycles. The monoisotopic (exact) mass is 494 g/mol. The number of carbonyl (C=O) groups excluding carboxylic acids is 2. The number of methoxy groups -OCH3 is 1. The summed E-state index contributed by atoms with van der Waals surface area (Å²) in [7, 11) is -2.70. The van der Waals surface area contributed by atoms with Crippen LogP contribution in [0.15, 0.2) is 60.0 Å². The number of nitrogens with zero attached hydrogens (tertiary/aromatic N) is 1. The molecule has 0 aliphatic carbocycles. The van der Waals surface area contributed by atoms with Gasteiger partial charge in [0.15, 0.2) is 6.61 Å². The number of esters is 1. The molecule has 0 unspecified atom stereocenters. The van der Waals surface area contributed by atoms with Crippen LogP contribution in [0.4, 0.5) is 5.69 Å². The Kier molecular flexibility index (Phi) is 9.31. The molecule has 0 saturated heterocycles. The summed E-state index contributed by atoms with van der Waals surface area (Å²) in [5.41, 5.74) is 0.133. The van der Waals surface area contributed by atoms with Gasteiger partial charge >= 0.3 is 5.97 Å². The molecule has 0 heterocycles. The van der Waals surface area contributed by atoms with E-state index < -0.39 is 28.5 Å². The minimum absolute atomic E-state index is 0.00546. The minimum Gasteiger partial charge on any atom is -0.495 e. The van der Waals surface area contributed by atoms with E-state index in [-0.39, 0.29) is 27.9 Å². The molecule has 0 radical (unpaired) electrons. The van der Waals surface area contributed by atoms with Crippen molar-refractivity contribution in [3.8, 4) is 5.75 Å². The van der Waals surface area contributed by atoms with Crippen LogP contribution in [0.2, 0.25) is 5.02 Å². The number of sulfonamides is 1. The van der Waals surface area contributed by atoms with Gasteiger partial charge in [-0.1, -0.05) is 43.7 Å². The molecule has 0 aromatic heterocycles. The summed E-state index contributed by atoms with van der Waals surface area (Å²) in [5.74, 6) is -0.791. The van der Waals surface area contributed by atoms with Gasteiger partial charge in [-0.25, -0.2) is 13.2 Å². The number of amides is 1. The van der Waals surface area contributed by atoms with Gasteiger partial charge < -0.3 is 14.8 Å². The van der Waals surface area contributed by atoms with E-state index in [0.717, 1.165) is 10.4 Å². The second-order valence-corrected chi connectivity index (χ2v) is 9.68. The highest BCUT2D eigenvalue weighted by molar-refractivity contribution is 7.92. The van der Waals surface area contributed by atoms with E-state index in [9.17, 15) is 18.0 Å². The first-order chi connectivity index (χ1) is 15.6. The molecule has 0 aliphatic rings. The summed E-state index contributed by atoms with van der Waals surface area (Å²) in [4.78, 5) is 24.2. The topological polar surface area (TPSA) is 102 Å². The molecule has 0 fully saturated rings. The Balaban J connectivity index is 2.34. The predicted molar refractivity (Wildman–Crippen MR) is 127 cm³/mol. The Morgan fingerprint density at radius 2 is 1.91 bits per heavy atom. The Morgan fingerprint density at radius 3 is 2.55 bits per heavy atom. The third kappa shape index (κ3) is 6.72. The first-order valence-electron chi connectivity index (χ1n) is 10.1. The van der Waals surface area contributed by atoms with Crippen LogP contribution in [0.3, 0.4) is 0 Å². The number of hydrogen-bond acceptors (Lipinski definition) is 6. The lowest BCUT2D eigenvalue weighted by Crippen LogP contribution is -2.32. The molecule has 10 heteroatoms. The zero-order chi connectivity index (χ0) is 24.6. The number of halogens is 1. The number of carbonyl (C=O) groups is 2. The third-order valence-corrected chi connectivity index (χ3v) is 6.54. The van der Waals surface area contributed by atoms with Gasteiger partial charge in [0.25, 0.3) is 15.9 Å². The quantitative estimate of drug-likeness (QED) is 0.378. The minimum atomic E-state index is -4.13. The maximum atomic E-state index is 13.5. The number of anilines is 1. The number of hydrogen-bond donors (Lipinski definition) is 1. The fraction of sp³-hybridized carbons (Fsp3) is 0.304. The Morgan fingerprint density at radius 1 is 1.21 bits per heavy atom. The van der Waals surface area contributed by atoms with E-state index >= 15 is 0 Å². The maximum Gasteiger partial charge on any atom is 0.340 e. The van der Waals surface area contributed by atoms with E-state index in [4.69, 9.17) is 21.1 Å². The van der Waals surface area contributed by atoms with Crippen LogP contribution in [0, 0.1) is 5.92 Å². The summed E-state index contributed by atoms with van der Waals surface area (Å²) in [6.45, 7) is 7.38. The summed E-state index contributed by atoms with van der Waals surface area (Å²) in [6, 6.07) is 10.3. The van der Waals surface area contributed by atoms with Crippen LogP contribution in [-0.4, -0.2) is 47.1 Å². The zero-order valence-corrected chi connectivity index (χ0v) is 20.3. The molecule has 0 aliphatic heterocycles. The molecular formula is C23H27ClN2O6S. The van der Waals surface area contributed by atoms with Gasteiger partial charge in [-0.15, -0.1) is 6.58 Å². The van der Waals surface area contributed by atoms with Gasteiger partial charge in [0, 0.05) is 6.54 Å². The van der Waals surface area contributed by atoms with Crippen molar-refractivity contribution >= 4 is 39.2 Å². The lowest BCUT2D eigenvalue weighted by Gasteiger charge is -2.25. The summed E-state index contributed by atoms with van der Waals surface area (Å²) < 4.78 is 38.3. The van der Waals surface area contributed by atoms with Crippen molar-refractivity contribution < 1.29 is 27.5 Å². The van der Waals surface area contributed by atoms with Gasteiger partial charge in [-0.2, -0.15) is 0 Å². The standard InChI is InChI=1S/C23H27ClN2O6S/c1-5-12-26(20-8-6-7-9-21(20)31-4)33(29,30)17-10-11-19(24)18(13-17)23(28)32-15-22(27)25-14-16(2)3/h5-11,13,16H,1,12,14-15H2,2-4H3,(H,25,27). The number of para-hydroxylation sites is 2. The van der Waals surface area contributed by atoms with Crippen molar-refractivity contribution in [1.29, 1.82) is 0 Å². The molecule has 8 nitrogen and oxygen atoms in total. The van der Waals surface area contributed by atoms with Gasteiger partial charge in [0.2, 0.25) is 0 Å². The first kappa shape index (κ1) is 26.2. The summed E-state index contributed by atoms with van der Waals surface area (Å²) in [5, 5.41) is 2.62. The number of benzene rings is 2. The molecule has 0 bridgehead atoms. The van der Waals surface area contributed by atoms with E-state index in [1.807, 2.05) is 13.8 Å². The predicted octanol–water partition coefficient (Wildman–Crippen LogP) is 3.66. The normalized spacial score (nSPS) is 11.1. The van der Waals surface area contributed by atoms with Gasteiger partial charge in [-0.05, 0) is 36.2 Å². The number of rotatable bonds is 11. The fourth-order valence-electron chi connectivity index (χ4n) is 2.81. The molecule has 1 N–H and O–H groups in total. The van der Waals surface area contributed by atoms with E-state index in [1.165, 1.54) is 25.3 Å². The van der Waals surface area contributed by atoms with E-state index in [1.54, 1.807) is 24.3 Å². The smallest absolute Gasteiger partial charge is 0.340 e. The van der Waals surface area contributed by atoms with Crippen molar-refractivity contribution in [2.24, 2.45) is 5.92 Å². The highest BCUT2D eigenvalue weighted by Gasteiger charge is 2.28. The van der Waals surface area contributed by atoms with Crippen molar-refractivity contribution in [2.75, 3.05) is 31.1 Å². The second-order valence-electron chi connectivity index (χ2n) is 7.41. The van der Waals surface area contributed by atoms with Crippen molar-refractivity contribution in [2.45, 2.75) is 18.7 Å². The third-order valence-electron chi connectivity index (χ3n) is 4.44.